The summed E-state index contributed by atoms with van der Waals surface area (Å²) in [6.45, 7) is 0.482. The molecule has 0 unspecified atom stereocenters. The molecule has 2 aromatic carbocycles. The molecule has 0 bridgehead atoms. The summed E-state index contributed by atoms with van der Waals surface area (Å²) >= 11 is 0. The highest BCUT2D eigenvalue weighted by molar-refractivity contribution is 6.39. The lowest BCUT2D eigenvalue weighted by Crippen LogP contribution is -2.13. The molecule has 0 radical (unpaired) electrons. The van der Waals surface area contributed by atoms with Crippen LogP contribution in [0.2, 0.25) is 0 Å². The van der Waals surface area contributed by atoms with Crippen LogP contribution in [0, 0.1) is 0 Å². The maximum absolute atomic E-state index is 11.5. The number of carbonyl (C=O) groups excluding carboxylic acids is 1. The molecule has 4 heteroatoms. The van der Waals surface area contributed by atoms with E-state index in [9.17, 15) is 9.59 Å². The molecule has 0 atom stereocenters. The summed E-state index contributed by atoms with van der Waals surface area (Å²) < 4.78 is 5.71. The van der Waals surface area contributed by atoms with Gasteiger partial charge in [0.05, 0.1) is 0 Å². The van der Waals surface area contributed by atoms with Crippen molar-refractivity contribution in [3.63, 3.8) is 0 Å². The van der Waals surface area contributed by atoms with Crippen LogP contribution in [0.3, 0.4) is 0 Å². The van der Waals surface area contributed by atoms with Crippen molar-refractivity contribution >= 4 is 11.8 Å². The van der Waals surface area contributed by atoms with E-state index in [1.165, 1.54) is 6.07 Å². The van der Waals surface area contributed by atoms with Crippen LogP contribution in [0.4, 0.5) is 0 Å². The molecule has 0 saturated heterocycles. The Kier molecular flexibility index (Phi) is 2.99. The normalized spacial score (nSPS) is 12.6. The van der Waals surface area contributed by atoms with Crippen LogP contribution >= 0.6 is 0 Å². The summed E-state index contributed by atoms with van der Waals surface area (Å²) in [5, 5.41) is 8.77. The third-order valence-corrected chi connectivity index (χ3v) is 3.40. The van der Waals surface area contributed by atoms with E-state index < -0.39 is 11.8 Å². The van der Waals surface area contributed by atoms with Gasteiger partial charge in [0.1, 0.15) is 12.4 Å². The van der Waals surface area contributed by atoms with E-state index in [1.54, 1.807) is 12.1 Å². The van der Waals surface area contributed by atoms with Gasteiger partial charge in [-0.15, -0.1) is 0 Å². The van der Waals surface area contributed by atoms with Crippen molar-refractivity contribution < 1.29 is 19.4 Å². The second-order valence-corrected chi connectivity index (χ2v) is 4.69. The van der Waals surface area contributed by atoms with Crippen LogP contribution in [0.5, 0.6) is 5.75 Å². The molecule has 1 aliphatic heterocycles. The van der Waals surface area contributed by atoms with Crippen LogP contribution in [-0.2, 0) is 17.8 Å². The van der Waals surface area contributed by atoms with Gasteiger partial charge < -0.3 is 9.84 Å². The van der Waals surface area contributed by atoms with E-state index in [1.807, 2.05) is 24.3 Å². The molecular weight excluding hydrogens is 256 g/mol. The minimum absolute atomic E-state index is 0.180. The monoisotopic (exact) mass is 268 g/mol. The van der Waals surface area contributed by atoms with Crippen molar-refractivity contribution in [3.8, 4) is 5.75 Å². The van der Waals surface area contributed by atoms with Gasteiger partial charge in [0.15, 0.2) is 0 Å². The van der Waals surface area contributed by atoms with Gasteiger partial charge in [-0.1, -0.05) is 24.3 Å². The summed E-state index contributed by atoms with van der Waals surface area (Å²) in [7, 11) is 0. The molecule has 0 saturated carbocycles. The predicted molar refractivity (Wildman–Crippen MR) is 72.0 cm³/mol. The summed E-state index contributed by atoms with van der Waals surface area (Å²) in [6.07, 6.45) is 0.631. The molecule has 1 aliphatic rings. The molecule has 1 heterocycles. The lowest BCUT2D eigenvalue weighted by Gasteiger charge is -2.07. The van der Waals surface area contributed by atoms with Gasteiger partial charge in [0, 0.05) is 12.0 Å². The van der Waals surface area contributed by atoms with Gasteiger partial charge in [0.2, 0.25) is 0 Å². The molecule has 0 aliphatic carbocycles. The number of Topliss-reactive ketones (excluding diaryl/α,β-unsaturated/α-hetero) is 1. The minimum atomic E-state index is -1.44. The first kappa shape index (κ1) is 12.4. The Morgan fingerprint density at radius 1 is 1.00 bits per heavy atom. The van der Waals surface area contributed by atoms with Gasteiger partial charge >= 0.3 is 5.97 Å². The highest BCUT2D eigenvalue weighted by Crippen LogP contribution is 2.29. The highest BCUT2D eigenvalue weighted by atomic mass is 16.5. The van der Waals surface area contributed by atoms with Crippen LogP contribution in [-0.4, -0.2) is 16.9 Å². The van der Waals surface area contributed by atoms with Crippen molar-refractivity contribution in [2.75, 3.05) is 0 Å². The van der Waals surface area contributed by atoms with Gasteiger partial charge in [-0.25, -0.2) is 4.79 Å². The Morgan fingerprint density at radius 2 is 1.75 bits per heavy atom. The lowest BCUT2D eigenvalue weighted by atomic mass is 9.98. The van der Waals surface area contributed by atoms with Crippen molar-refractivity contribution in [2.24, 2.45) is 0 Å². The molecule has 3 rings (SSSR count). The second kappa shape index (κ2) is 4.81. The summed E-state index contributed by atoms with van der Waals surface area (Å²) in [5.41, 5.74) is 3.25. The molecule has 0 fully saturated rings. The lowest BCUT2D eigenvalue weighted by molar-refractivity contribution is -0.131. The fraction of sp³-hybridized carbons (Fsp3) is 0.125. The fourth-order valence-corrected chi connectivity index (χ4v) is 2.35. The Bertz CT molecular complexity index is 703. The number of benzene rings is 2. The molecule has 2 aromatic rings. The first-order chi connectivity index (χ1) is 9.65. The maximum Gasteiger partial charge on any atom is 0.377 e. The number of ether oxygens (including phenoxy) is 1. The first-order valence-electron chi connectivity index (χ1n) is 6.25. The van der Waals surface area contributed by atoms with Crippen LogP contribution in [0.25, 0.3) is 0 Å². The van der Waals surface area contributed by atoms with Crippen LogP contribution in [0.1, 0.15) is 27.0 Å². The molecule has 0 spiro atoms. The fourth-order valence-electron chi connectivity index (χ4n) is 2.35. The molecule has 100 valence electrons. The second-order valence-electron chi connectivity index (χ2n) is 4.69. The number of fused-ring (bicyclic) bond motifs is 2. The average molecular weight is 268 g/mol. The van der Waals surface area contributed by atoms with Crippen molar-refractivity contribution in [1.82, 2.24) is 0 Å². The quantitative estimate of drug-likeness (QED) is 0.671. The summed E-state index contributed by atoms with van der Waals surface area (Å²) in [6, 6.07) is 12.7. The summed E-state index contributed by atoms with van der Waals surface area (Å²) in [5.74, 6) is -1.65. The number of rotatable bonds is 2. The van der Waals surface area contributed by atoms with Gasteiger partial charge in [-0.05, 0) is 34.9 Å². The molecule has 0 aromatic heterocycles. The van der Waals surface area contributed by atoms with Crippen LogP contribution in [0.15, 0.2) is 42.5 Å². The van der Waals surface area contributed by atoms with E-state index in [2.05, 4.69) is 0 Å². The van der Waals surface area contributed by atoms with Gasteiger partial charge in [-0.3, -0.25) is 4.79 Å². The Balaban J connectivity index is 2.03. The standard InChI is InChI=1S/C16H12O4/c17-15(16(18)19)11-5-6-14-13(8-11)7-10-3-1-2-4-12(10)9-20-14/h1-6,8H,7,9H2,(H,18,19). The van der Waals surface area contributed by atoms with Gasteiger partial charge in [0.25, 0.3) is 5.78 Å². The predicted octanol–water partition coefficient (Wildman–Crippen LogP) is 2.44. The van der Waals surface area contributed by atoms with E-state index in [0.29, 0.717) is 18.8 Å². The SMILES string of the molecule is O=C(O)C(=O)c1ccc2c(c1)Cc1ccccc1CO2. The molecule has 0 amide bonds. The molecule has 20 heavy (non-hydrogen) atoms. The Hall–Kier alpha value is -2.62. The van der Waals surface area contributed by atoms with E-state index in [0.717, 1.165) is 16.7 Å². The van der Waals surface area contributed by atoms with Crippen molar-refractivity contribution in [1.29, 1.82) is 0 Å². The largest absolute Gasteiger partial charge is 0.489 e. The Labute approximate surface area is 115 Å². The smallest absolute Gasteiger partial charge is 0.377 e. The average Bonchev–Trinajstić information content (AvgIpc) is 2.64. The number of carbonyl (C=O) groups is 2. The highest BCUT2D eigenvalue weighted by Gasteiger charge is 2.19. The zero-order valence-corrected chi connectivity index (χ0v) is 10.6. The molecular formula is C16H12O4. The third kappa shape index (κ3) is 2.16. The number of carboxylic acids is 1. The number of carboxylic acid groups (broad SMARTS) is 1. The number of aliphatic carboxylic acids is 1. The number of hydrogen-bond acceptors (Lipinski definition) is 3. The maximum atomic E-state index is 11.5. The van der Waals surface area contributed by atoms with E-state index >= 15 is 0 Å². The van der Waals surface area contributed by atoms with Gasteiger partial charge in [-0.2, -0.15) is 0 Å². The van der Waals surface area contributed by atoms with E-state index in [-0.39, 0.29) is 5.56 Å². The van der Waals surface area contributed by atoms with Crippen LogP contribution < -0.4 is 4.74 Å². The molecule has 4 nitrogen and oxygen atoms in total. The zero-order chi connectivity index (χ0) is 14.1. The molecule has 1 N–H and O–H groups in total. The van der Waals surface area contributed by atoms with Crippen molar-refractivity contribution in [3.05, 3.63) is 64.7 Å². The topological polar surface area (TPSA) is 63.6 Å². The van der Waals surface area contributed by atoms with E-state index in [4.69, 9.17) is 9.84 Å². The first-order valence-corrected chi connectivity index (χ1v) is 6.25. The van der Waals surface area contributed by atoms with Crippen molar-refractivity contribution in [2.45, 2.75) is 13.0 Å². The third-order valence-electron chi connectivity index (χ3n) is 3.40. The minimum Gasteiger partial charge on any atom is -0.489 e. The Morgan fingerprint density at radius 3 is 2.50 bits per heavy atom. The zero-order valence-electron chi connectivity index (χ0n) is 10.6. The number of hydrogen-bond donors (Lipinski definition) is 1. The number of ketones is 1. The summed E-state index contributed by atoms with van der Waals surface area (Å²) in [4.78, 5) is 22.3.